The van der Waals surface area contributed by atoms with Crippen LogP contribution in [0.5, 0.6) is 0 Å². The molecule has 1 aromatic rings. The largest absolute Gasteiger partial charge is 0.242 e. The summed E-state index contributed by atoms with van der Waals surface area (Å²) in [5, 5.41) is 0. The van der Waals surface area contributed by atoms with Gasteiger partial charge < -0.3 is 0 Å². The Balaban J connectivity index is 2.16. The van der Waals surface area contributed by atoms with E-state index in [1.54, 1.807) is 12.1 Å². The molecule has 0 radical (unpaired) electrons. The number of nitrogens with one attached hydrogen (secondary N) is 1. The number of alkyl halides is 1. The summed E-state index contributed by atoms with van der Waals surface area (Å²) < 4.78 is 34.8. The summed E-state index contributed by atoms with van der Waals surface area (Å²) in [6.07, 6.45) is 1.50. The zero-order valence-electron chi connectivity index (χ0n) is 9.47. The van der Waals surface area contributed by atoms with Gasteiger partial charge in [-0.3, -0.25) is 0 Å². The van der Waals surface area contributed by atoms with Crippen LogP contribution in [-0.4, -0.2) is 20.8 Å². The monoisotopic (exact) mass is 305 g/mol. The van der Waals surface area contributed by atoms with E-state index in [0.29, 0.717) is 30.2 Å². The van der Waals surface area contributed by atoms with Crippen LogP contribution in [-0.2, 0) is 21.4 Å². The lowest BCUT2D eigenvalue weighted by molar-refractivity contribution is 0.579. The third kappa shape index (κ3) is 2.97. The lowest BCUT2D eigenvalue weighted by atomic mass is 10.3. The van der Waals surface area contributed by atoms with Crippen molar-refractivity contribution in [1.29, 1.82) is 0 Å². The number of benzene rings is 1. The summed E-state index contributed by atoms with van der Waals surface area (Å²) in [6.45, 7) is 0.378. The number of fused-ring (bicyclic) bond motifs is 1. The molecule has 18 heavy (non-hydrogen) atoms. The van der Waals surface area contributed by atoms with E-state index >= 15 is 0 Å². The maximum Gasteiger partial charge on any atom is 0.242 e. The van der Waals surface area contributed by atoms with Crippen LogP contribution in [0.1, 0.15) is 12.8 Å². The first-order chi connectivity index (χ1) is 8.65. The van der Waals surface area contributed by atoms with Crippen LogP contribution in [0, 0.1) is 0 Å². The molecule has 0 amide bonds. The van der Waals surface area contributed by atoms with Crippen molar-refractivity contribution in [1.82, 2.24) is 4.72 Å². The molecule has 0 atom stereocenters. The highest BCUT2D eigenvalue weighted by Crippen LogP contribution is 2.37. The molecular formula is C10H12ClN3O2S2. The first-order valence-electron chi connectivity index (χ1n) is 5.42. The van der Waals surface area contributed by atoms with Gasteiger partial charge in [0.1, 0.15) is 16.3 Å². The molecule has 0 bridgehead atoms. The molecule has 0 saturated heterocycles. The molecule has 1 aromatic carbocycles. The van der Waals surface area contributed by atoms with Crippen LogP contribution in [0.3, 0.4) is 0 Å². The second kappa shape index (κ2) is 5.92. The number of hydrogen-bond donors (Lipinski definition) is 1. The molecule has 1 aliphatic rings. The average Bonchev–Trinajstić information content (AvgIpc) is 2.82. The Bertz CT molecular complexity index is 610. The summed E-state index contributed by atoms with van der Waals surface area (Å²) in [5.74, 6) is 0.535. The molecule has 5 nitrogen and oxygen atoms in total. The summed E-state index contributed by atoms with van der Waals surface area (Å²) in [5.41, 5.74) is 1.02. The van der Waals surface area contributed by atoms with Gasteiger partial charge in [0.05, 0.1) is 11.4 Å². The predicted molar refractivity (Wildman–Crippen MR) is 73.1 cm³/mol. The fraction of sp³-hybridized carbons (Fsp3) is 0.400. The van der Waals surface area contributed by atoms with Crippen molar-refractivity contribution in [3.05, 3.63) is 18.2 Å². The summed E-state index contributed by atoms with van der Waals surface area (Å²) in [6, 6.07) is 4.94. The van der Waals surface area contributed by atoms with Crippen molar-refractivity contribution < 1.29 is 8.42 Å². The highest BCUT2D eigenvalue weighted by Gasteiger charge is 2.21. The summed E-state index contributed by atoms with van der Waals surface area (Å²) >= 11 is 6.54. The maximum atomic E-state index is 12.1. The van der Waals surface area contributed by atoms with Gasteiger partial charge in [0, 0.05) is 12.4 Å². The van der Waals surface area contributed by atoms with Crippen LogP contribution >= 0.6 is 11.6 Å². The zero-order chi connectivity index (χ0) is 13.0. The van der Waals surface area contributed by atoms with Crippen LogP contribution in [0.4, 0.5) is 11.4 Å². The number of unbranched alkanes of at least 4 members (excludes halogenated alkanes) is 1. The number of rotatable bonds is 6. The van der Waals surface area contributed by atoms with E-state index in [9.17, 15) is 8.42 Å². The van der Waals surface area contributed by atoms with Gasteiger partial charge in [0.25, 0.3) is 0 Å². The van der Waals surface area contributed by atoms with Gasteiger partial charge in [0.2, 0.25) is 10.0 Å². The zero-order valence-corrected chi connectivity index (χ0v) is 11.9. The Morgan fingerprint density at radius 3 is 2.89 bits per heavy atom. The molecule has 0 spiro atoms. The molecule has 98 valence electrons. The van der Waals surface area contributed by atoms with Gasteiger partial charge in [-0.2, -0.15) is 8.73 Å². The van der Waals surface area contributed by atoms with E-state index in [-0.39, 0.29) is 4.90 Å². The number of halogens is 1. The van der Waals surface area contributed by atoms with Crippen molar-refractivity contribution in [3.63, 3.8) is 0 Å². The smallest absolute Gasteiger partial charge is 0.211 e. The van der Waals surface area contributed by atoms with Crippen molar-refractivity contribution >= 4 is 44.4 Å². The van der Waals surface area contributed by atoms with Gasteiger partial charge >= 0.3 is 0 Å². The van der Waals surface area contributed by atoms with Crippen LogP contribution in [0.25, 0.3) is 0 Å². The van der Waals surface area contributed by atoms with E-state index in [1.165, 1.54) is 6.07 Å². The highest BCUT2D eigenvalue weighted by atomic mass is 35.5. The van der Waals surface area contributed by atoms with Gasteiger partial charge in [-0.15, -0.1) is 11.6 Å². The van der Waals surface area contributed by atoms with E-state index in [0.717, 1.165) is 17.8 Å². The second-order valence-corrected chi connectivity index (χ2v) is 6.32. The second-order valence-electron chi connectivity index (χ2n) is 3.68. The first-order valence-corrected chi connectivity index (χ1v) is 8.17. The Hall–Kier alpha value is -0.760. The normalized spacial score (nSPS) is 13.4. The molecule has 8 heteroatoms. The molecule has 1 N–H and O–H groups in total. The third-order valence-corrected chi connectivity index (χ3v) is 4.69. The topological polar surface area (TPSA) is 70.9 Å². The average molecular weight is 306 g/mol. The molecule has 1 aliphatic heterocycles. The third-order valence-electron chi connectivity index (χ3n) is 2.39. The minimum absolute atomic E-state index is 0.180. The molecule has 0 aliphatic carbocycles. The minimum atomic E-state index is -3.53. The molecule has 0 fully saturated rings. The maximum absolute atomic E-state index is 12.1. The number of hydrogen-bond acceptors (Lipinski definition) is 4. The fourth-order valence-corrected chi connectivity index (χ4v) is 3.53. The minimum Gasteiger partial charge on any atom is -0.211 e. The number of sulfonamides is 1. The highest BCUT2D eigenvalue weighted by molar-refractivity contribution is 7.89. The van der Waals surface area contributed by atoms with Crippen molar-refractivity contribution in [2.24, 2.45) is 8.73 Å². The Morgan fingerprint density at radius 1 is 1.28 bits per heavy atom. The van der Waals surface area contributed by atoms with E-state index in [1.807, 2.05) is 0 Å². The Labute approximate surface area is 114 Å². The van der Waals surface area contributed by atoms with Gasteiger partial charge in [-0.05, 0) is 25.0 Å². The fourth-order valence-electron chi connectivity index (χ4n) is 1.50. The SMILES string of the molecule is O=S(=O)(NCCCCCl)c1cccc2c1N=S=N2. The molecule has 2 rings (SSSR count). The molecule has 0 saturated carbocycles. The lowest BCUT2D eigenvalue weighted by Gasteiger charge is -2.08. The van der Waals surface area contributed by atoms with Gasteiger partial charge in [-0.1, -0.05) is 6.07 Å². The van der Waals surface area contributed by atoms with Crippen molar-refractivity contribution in [2.45, 2.75) is 17.7 Å². The summed E-state index contributed by atoms with van der Waals surface area (Å²) in [7, 11) is -3.53. The Kier molecular flexibility index (Phi) is 4.50. The van der Waals surface area contributed by atoms with Crippen LogP contribution in [0.2, 0.25) is 0 Å². The summed E-state index contributed by atoms with van der Waals surface area (Å²) in [4.78, 5) is 0.180. The van der Waals surface area contributed by atoms with E-state index in [2.05, 4.69) is 13.4 Å². The molecule has 0 aromatic heterocycles. The predicted octanol–water partition coefficient (Wildman–Crippen LogP) is 2.71. The first kappa shape index (κ1) is 13.7. The lowest BCUT2D eigenvalue weighted by Crippen LogP contribution is -2.24. The van der Waals surface area contributed by atoms with E-state index in [4.69, 9.17) is 11.6 Å². The van der Waals surface area contributed by atoms with Crippen LogP contribution in [0.15, 0.2) is 31.8 Å². The van der Waals surface area contributed by atoms with Crippen molar-refractivity contribution in [3.8, 4) is 0 Å². The van der Waals surface area contributed by atoms with E-state index < -0.39 is 10.0 Å². The number of nitrogens with zero attached hydrogens (tertiary/aromatic N) is 2. The van der Waals surface area contributed by atoms with Crippen LogP contribution < -0.4 is 4.72 Å². The van der Waals surface area contributed by atoms with Gasteiger partial charge in [-0.25, -0.2) is 13.1 Å². The van der Waals surface area contributed by atoms with Crippen molar-refractivity contribution in [2.75, 3.05) is 12.4 Å². The molecule has 0 unspecified atom stereocenters. The Morgan fingerprint density at radius 2 is 2.11 bits per heavy atom. The van der Waals surface area contributed by atoms with Gasteiger partial charge in [0.15, 0.2) is 0 Å². The molecule has 1 heterocycles. The quantitative estimate of drug-likeness (QED) is 0.658. The standard InChI is InChI=1S/C10H12ClN3O2S2/c11-6-1-2-7-12-18(15,16)9-5-3-4-8-10(9)14-17-13-8/h3-5,12H,1-2,6-7H2. The molecular weight excluding hydrogens is 294 g/mol.